The summed E-state index contributed by atoms with van der Waals surface area (Å²) in [5.41, 5.74) is 1.39. The topological polar surface area (TPSA) is 38.7 Å². The highest BCUT2D eigenvalue weighted by atomic mass is 19.2. The van der Waals surface area contributed by atoms with Crippen molar-refractivity contribution in [1.29, 1.82) is 0 Å². The first-order valence-corrected chi connectivity index (χ1v) is 13.7. The van der Waals surface area contributed by atoms with Gasteiger partial charge in [-0.2, -0.15) is 4.39 Å². The molecular formula is C31H39F3O3. The summed E-state index contributed by atoms with van der Waals surface area (Å²) in [5, 5.41) is 9.79. The normalized spacial score (nSPS) is 24.9. The van der Waals surface area contributed by atoms with Crippen LogP contribution in [0.5, 0.6) is 11.5 Å². The Labute approximate surface area is 218 Å². The monoisotopic (exact) mass is 516 g/mol. The smallest absolute Gasteiger partial charge is 0.200 e. The zero-order valence-corrected chi connectivity index (χ0v) is 21.7. The number of ether oxygens (including phenoxy) is 2. The van der Waals surface area contributed by atoms with E-state index in [9.17, 15) is 18.3 Å². The van der Waals surface area contributed by atoms with Crippen LogP contribution >= 0.6 is 0 Å². The molecule has 202 valence electrons. The molecule has 0 bridgehead atoms. The minimum Gasteiger partial charge on any atom is -0.490 e. The first-order chi connectivity index (χ1) is 17.9. The molecule has 2 aromatic rings. The molecule has 2 aliphatic carbocycles. The highest BCUT2D eigenvalue weighted by molar-refractivity contribution is 5.34. The molecule has 1 atom stereocenters. The van der Waals surface area contributed by atoms with Crippen LogP contribution in [0.15, 0.2) is 43.0 Å². The van der Waals surface area contributed by atoms with E-state index in [4.69, 9.17) is 9.47 Å². The molecule has 1 N–H and O–H groups in total. The fourth-order valence-corrected chi connectivity index (χ4v) is 5.90. The third-order valence-corrected chi connectivity index (χ3v) is 8.30. The number of aliphatic hydroxyl groups excluding tert-OH is 1. The average Bonchev–Trinajstić information content (AvgIpc) is 2.91. The predicted octanol–water partition coefficient (Wildman–Crippen LogP) is 8.07. The fourth-order valence-electron chi connectivity index (χ4n) is 5.90. The van der Waals surface area contributed by atoms with E-state index >= 15 is 0 Å². The van der Waals surface area contributed by atoms with Crippen molar-refractivity contribution in [2.45, 2.75) is 82.7 Å². The van der Waals surface area contributed by atoms with Crippen LogP contribution in [0, 0.1) is 29.3 Å². The maximum Gasteiger partial charge on any atom is 0.200 e. The van der Waals surface area contributed by atoms with Gasteiger partial charge in [0.1, 0.15) is 0 Å². The predicted molar refractivity (Wildman–Crippen MR) is 140 cm³/mol. The second-order valence-corrected chi connectivity index (χ2v) is 10.8. The summed E-state index contributed by atoms with van der Waals surface area (Å²) in [6.07, 6.45) is 8.77. The molecule has 0 amide bonds. The molecule has 0 aliphatic heterocycles. The van der Waals surface area contributed by atoms with Crippen LogP contribution in [0.2, 0.25) is 0 Å². The van der Waals surface area contributed by atoms with Crippen molar-refractivity contribution in [1.82, 2.24) is 0 Å². The largest absolute Gasteiger partial charge is 0.490 e. The zero-order chi connectivity index (χ0) is 26.4. The molecule has 4 rings (SSSR count). The summed E-state index contributed by atoms with van der Waals surface area (Å²) >= 11 is 0. The standard InChI is InChI=1S/C31H39F3O3/c1-3-4-17-36-28-15-13-25(18-27(28)32)23-7-5-21(6-8-23)19-37-29-16-14-26(30(33)31(29)34)24-11-9-22(10-12-24)20(2)35/h3,13-16,18,20-24,35H,1,4-12,17,19H2,2H3. The van der Waals surface area contributed by atoms with Crippen LogP contribution in [0.1, 0.15) is 87.7 Å². The van der Waals surface area contributed by atoms with E-state index < -0.39 is 11.6 Å². The van der Waals surface area contributed by atoms with Crippen molar-refractivity contribution >= 4 is 0 Å². The van der Waals surface area contributed by atoms with E-state index in [-0.39, 0.29) is 47.1 Å². The number of halogens is 3. The molecule has 2 aliphatic rings. The summed E-state index contributed by atoms with van der Waals surface area (Å²) in [5.74, 6) is -1.09. The lowest BCUT2D eigenvalue weighted by Gasteiger charge is -2.31. The molecule has 3 nitrogen and oxygen atoms in total. The maximum absolute atomic E-state index is 14.9. The van der Waals surface area contributed by atoms with Gasteiger partial charge in [-0.1, -0.05) is 18.2 Å². The Balaban J connectivity index is 1.27. The van der Waals surface area contributed by atoms with E-state index in [1.165, 1.54) is 0 Å². The summed E-state index contributed by atoms with van der Waals surface area (Å²) in [7, 11) is 0. The minimum atomic E-state index is -0.908. The molecule has 37 heavy (non-hydrogen) atoms. The van der Waals surface area contributed by atoms with Crippen molar-refractivity contribution in [3.63, 3.8) is 0 Å². The SMILES string of the molecule is C=CCCOc1ccc(C2CCC(COc3ccc(C4CCC(C(C)O)CC4)c(F)c3F)CC2)cc1F. The van der Waals surface area contributed by atoms with Crippen molar-refractivity contribution < 1.29 is 27.8 Å². The lowest BCUT2D eigenvalue weighted by Crippen LogP contribution is -2.23. The summed E-state index contributed by atoms with van der Waals surface area (Å²) in [6.45, 7) is 6.18. The highest BCUT2D eigenvalue weighted by Gasteiger charge is 2.29. The molecule has 1 unspecified atom stereocenters. The zero-order valence-electron chi connectivity index (χ0n) is 21.7. The molecule has 2 aromatic carbocycles. The average molecular weight is 517 g/mol. The van der Waals surface area contributed by atoms with Gasteiger partial charge in [0.15, 0.2) is 23.1 Å². The van der Waals surface area contributed by atoms with Crippen LogP contribution in [0.4, 0.5) is 13.2 Å². The van der Waals surface area contributed by atoms with Crippen molar-refractivity contribution in [2.75, 3.05) is 13.2 Å². The molecular weight excluding hydrogens is 477 g/mol. The number of aliphatic hydroxyl groups is 1. The Hall–Kier alpha value is -2.47. The molecule has 0 saturated heterocycles. The third kappa shape index (κ3) is 6.90. The second kappa shape index (κ2) is 12.9. The van der Waals surface area contributed by atoms with Gasteiger partial charge in [0, 0.05) is 0 Å². The second-order valence-electron chi connectivity index (χ2n) is 10.8. The first kappa shape index (κ1) is 27.6. The number of hydrogen-bond acceptors (Lipinski definition) is 3. The summed E-state index contributed by atoms with van der Waals surface area (Å²) < 4.78 is 55.4. The van der Waals surface area contributed by atoms with Crippen LogP contribution in [-0.2, 0) is 0 Å². The van der Waals surface area contributed by atoms with E-state index in [1.807, 2.05) is 6.07 Å². The quantitative estimate of drug-likeness (QED) is 0.256. The van der Waals surface area contributed by atoms with Gasteiger partial charge in [-0.05, 0) is 118 Å². The minimum absolute atomic E-state index is 0.0218. The number of benzene rings is 2. The van der Waals surface area contributed by atoms with E-state index in [2.05, 4.69) is 6.58 Å². The third-order valence-electron chi connectivity index (χ3n) is 8.30. The van der Waals surface area contributed by atoms with Gasteiger partial charge in [0.05, 0.1) is 19.3 Å². The van der Waals surface area contributed by atoms with Gasteiger partial charge in [0.25, 0.3) is 0 Å². The molecule has 0 heterocycles. The van der Waals surface area contributed by atoms with Gasteiger partial charge >= 0.3 is 0 Å². The Morgan fingerprint density at radius 2 is 1.57 bits per heavy atom. The molecule has 0 radical (unpaired) electrons. The Morgan fingerprint density at radius 3 is 2.22 bits per heavy atom. The maximum atomic E-state index is 14.9. The number of rotatable bonds is 10. The van der Waals surface area contributed by atoms with Crippen molar-refractivity contribution in [2.24, 2.45) is 11.8 Å². The first-order valence-electron chi connectivity index (χ1n) is 13.7. The van der Waals surface area contributed by atoms with E-state index in [1.54, 1.807) is 37.3 Å². The lowest BCUT2D eigenvalue weighted by molar-refractivity contribution is 0.0963. The van der Waals surface area contributed by atoms with Crippen LogP contribution in [0.3, 0.4) is 0 Å². The van der Waals surface area contributed by atoms with Gasteiger partial charge in [-0.3, -0.25) is 0 Å². The Kier molecular flexibility index (Phi) is 9.58. The fraction of sp³-hybridized carbons (Fsp3) is 0.548. The van der Waals surface area contributed by atoms with Gasteiger partial charge < -0.3 is 14.6 Å². The van der Waals surface area contributed by atoms with Crippen LogP contribution < -0.4 is 9.47 Å². The molecule has 2 saturated carbocycles. The van der Waals surface area contributed by atoms with Gasteiger partial charge in [-0.15, -0.1) is 6.58 Å². The Bertz CT molecular complexity index is 1040. The summed E-state index contributed by atoms with van der Waals surface area (Å²) in [4.78, 5) is 0. The highest BCUT2D eigenvalue weighted by Crippen LogP contribution is 2.40. The molecule has 6 heteroatoms. The lowest BCUT2D eigenvalue weighted by atomic mass is 9.77. The van der Waals surface area contributed by atoms with Crippen LogP contribution in [0.25, 0.3) is 0 Å². The van der Waals surface area contributed by atoms with Gasteiger partial charge in [-0.25, -0.2) is 8.78 Å². The van der Waals surface area contributed by atoms with E-state index in [0.29, 0.717) is 25.2 Å². The van der Waals surface area contributed by atoms with Crippen molar-refractivity contribution in [3.05, 3.63) is 71.6 Å². The molecule has 2 fully saturated rings. The Morgan fingerprint density at radius 1 is 0.892 bits per heavy atom. The van der Waals surface area contributed by atoms with E-state index in [0.717, 1.165) is 56.9 Å². The number of hydrogen-bond donors (Lipinski definition) is 1. The molecule has 0 spiro atoms. The van der Waals surface area contributed by atoms with Gasteiger partial charge in [0.2, 0.25) is 5.82 Å². The molecule has 0 aromatic heterocycles. The summed E-state index contributed by atoms with van der Waals surface area (Å²) in [6, 6.07) is 8.42. The van der Waals surface area contributed by atoms with Crippen molar-refractivity contribution in [3.8, 4) is 11.5 Å². The van der Waals surface area contributed by atoms with Crippen LogP contribution in [-0.4, -0.2) is 24.4 Å².